The quantitative estimate of drug-likeness (QED) is 0.343. The molecule has 0 rings (SSSR count). The highest BCUT2D eigenvalue weighted by Crippen LogP contribution is 1.97. The van der Waals surface area contributed by atoms with Gasteiger partial charge in [0.2, 0.25) is 0 Å². The van der Waals surface area contributed by atoms with Crippen LogP contribution < -0.4 is 0 Å². The molecule has 10 heavy (non-hydrogen) atoms. The molecule has 0 heterocycles. The summed E-state index contributed by atoms with van der Waals surface area (Å²) >= 11 is 4.43. The van der Waals surface area contributed by atoms with Crippen LogP contribution in [0.5, 0.6) is 0 Å². The Morgan fingerprint density at radius 3 is 2.80 bits per heavy atom. The standard InChI is InChI=1S/C8H9NS/c1-3-5-8(6-4-2)9-7-10/h3-6H,1H2,2H3/b6-4-,8-5+. The molecule has 0 saturated heterocycles. The number of hydrogen-bond acceptors (Lipinski definition) is 2. The normalized spacial score (nSPS) is 11.1. The van der Waals surface area contributed by atoms with Crippen LogP contribution in [0.4, 0.5) is 0 Å². The van der Waals surface area contributed by atoms with E-state index in [1.54, 1.807) is 12.2 Å². The van der Waals surface area contributed by atoms with E-state index < -0.39 is 0 Å². The Morgan fingerprint density at radius 2 is 2.40 bits per heavy atom. The molecule has 1 nitrogen and oxygen atoms in total. The van der Waals surface area contributed by atoms with Crippen molar-refractivity contribution in [1.29, 1.82) is 0 Å². The highest BCUT2D eigenvalue weighted by atomic mass is 32.1. The van der Waals surface area contributed by atoms with Gasteiger partial charge in [-0.05, 0) is 31.3 Å². The highest BCUT2D eigenvalue weighted by Gasteiger charge is 1.79. The van der Waals surface area contributed by atoms with E-state index in [0.717, 1.165) is 5.70 Å². The second-order valence-corrected chi connectivity index (χ2v) is 1.71. The molecule has 0 fully saturated rings. The molecule has 0 aromatic rings. The van der Waals surface area contributed by atoms with Gasteiger partial charge in [0, 0.05) is 0 Å². The predicted molar refractivity (Wildman–Crippen MR) is 48.1 cm³/mol. The largest absolute Gasteiger partial charge is 0.195 e. The summed E-state index contributed by atoms with van der Waals surface area (Å²) in [6, 6.07) is 0. The molecular formula is C8H9NS. The van der Waals surface area contributed by atoms with E-state index >= 15 is 0 Å². The summed E-state index contributed by atoms with van der Waals surface area (Å²) in [5, 5.41) is 2.28. The number of isothiocyanates is 1. The molecule has 0 aliphatic carbocycles. The van der Waals surface area contributed by atoms with Crippen molar-refractivity contribution in [3.8, 4) is 0 Å². The highest BCUT2D eigenvalue weighted by molar-refractivity contribution is 7.78. The summed E-state index contributed by atoms with van der Waals surface area (Å²) in [6.45, 7) is 5.45. The lowest BCUT2D eigenvalue weighted by molar-refractivity contribution is 1.43. The first-order chi connectivity index (χ1) is 4.85. The van der Waals surface area contributed by atoms with Gasteiger partial charge in [-0.1, -0.05) is 18.7 Å². The number of hydrogen-bond donors (Lipinski definition) is 0. The molecule has 0 aromatic heterocycles. The van der Waals surface area contributed by atoms with Crippen LogP contribution in [0.2, 0.25) is 0 Å². The molecule has 2 heteroatoms. The maximum atomic E-state index is 4.43. The average molecular weight is 151 g/mol. The number of thiocarbonyl (C=S) groups is 1. The van der Waals surface area contributed by atoms with Crippen LogP contribution >= 0.6 is 12.2 Å². The third-order valence-electron chi connectivity index (χ3n) is 0.801. The number of allylic oxidation sites excluding steroid dienone is 4. The van der Waals surface area contributed by atoms with Crippen molar-refractivity contribution in [2.45, 2.75) is 6.92 Å². The molecule has 0 atom stereocenters. The lowest BCUT2D eigenvalue weighted by Crippen LogP contribution is -1.67. The van der Waals surface area contributed by atoms with Gasteiger partial charge >= 0.3 is 0 Å². The van der Waals surface area contributed by atoms with Crippen LogP contribution in [0.25, 0.3) is 0 Å². The van der Waals surface area contributed by atoms with E-state index in [1.165, 1.54) is 0 Å². The van der Waals surface area contributed by atoms with Gasteiger partial charge in [0.15, 0.2) is 0 Å². The zero-order chi connectivity index (χ0) is 7.82. The summed E-state index contributed by atoms with van der Waals surface area (Å²) < 4.78 is 0. The van der Waals surface area contributed by atoms with E-state index in [9.17, 15) is 0 Å². The summed E-state index contributed by atoms with van der Waals surface area (Å²) in [7, 11) is 0. The van der Waals surface area contributed by atoms with Gasteiger partial charge in [-0.2, -0.15) is 4.99 Å². The molecule has 0 spiro atoms. The number of nitrogens with zero attached hydrogens (tertiary/aromatic N) is 1. The van der Waals surface area contributed by atoms with E-state index in [4.69, 9.17) is 0 Å². The minimum Gasteiger partial charge on any atom is -0.195 e. The van der Waals surface area contributed by atoms with Crippen molar-refractivity contribution in [3.05, 3.63) is 36.6 Å². The molecular weight excluding hydrogens is 142 g/mol. The first kappa shape index (κ1) is 9.02. The summed E-state index contributed by atoms with van der Waals surface area (Å²) in [5.41, 5.74) is 0.771. The van der Waals surface area contributed by atoms with E-state index in [-0.39, 0.29) is 0 Å². The van der Waals surface area contributed by atoms with Crippen molar-refractivity contribution in [2.24, 2.45) is 4.99 Å². The van der Waals surface area contributed by atoms with E-state index in [2.05, 4.69) is 29.0 Å². The van der Waals surface area contributed by atoms with Gasteiger partial charge in [0.05, 0.1) is 10.9 Å². The van der Waals surface area contributed by atoms with Crippen LogP contribution in [-0.4, -0.2) is 5.16 Å². The van der Waals surface area contributed by atoms with Gasteiger partial charge in [0.25, 0.3) is 0 Å². The summed E-state index contributed by atoms with van der Waals surface area (Å²) in [5.74, 6) is 0. The van der Waals surface area contributed by atoms with Crippen molar-refractivity contribution >= 4 is 17.4 Å². The zero-order valence-corrected chi connectivity index (χ0v) is 6.69. The van der Waals surface area contributed by atoms with Crippen LogP contribution in [0, 0.1) is 0 Å². The van der Waals surface area contributed by atoms with Crippen LogP contribution in [0.15, 0.2) is 41.6 Å². The smallest absolute Gasteiger partial charge is 0.0736 e. The number of aliphatic imine (C=N–C) groups is 1. The lowest BCUT2D eigenvalue weighted by atomic mass is 10.3. The second-order valence-electron chi connectivity index (χ2n) is 1.53. The van der Waals surface area contributed by atoms with Crippen LogP contribution in [0.3, 0.4) is 0 Å². The second kappa shape index (κ2) is 6.14. The molecule has 0 saturated carbocycles. The predicted octanol–water partition coefficient (Wildman–Crippen LogP) is 2.74. The fourth-order valence-electron chi connectivity index (χ4n) is 0.474. The fourth-order valence-corrected chi connectivity index (χ4v) is 0.580. The molecule has 0 aliphatic rings. The third kappa shape index (κ3) is 3.96. The zero-order valence-electron chi connectivity index (χ0n) is 5.87. The fraction of sp³-hybridized carbons (Fsp3) is 0.125. The molecule has 0 amide bonds. The molecule has 0 unspecified atom stereocenters. The molecule has 52 valence electrons. The van der Waals surface area contributed by atoms with Gasteiger partial charge < -0.3 is 0 Å². The molecule has 0 aliphatic heterocycles. The number of rotatable bonds is 3. The Kier molecular flexibility index (Phi) is 5.54. The third-order valence-corrected chi connectivity index (χ3v) is 0.892. The SMILES string of the molecule is C=C/C=C(\C=C/C)N=C=S. The Bertz CT molecular complexity index is 207. The summed E-state index contributed by atoms with van der Waals surface area (Å²) in [4.78, 5) is 3.77. The molecule has 0 N–H and O–H groups in total. The van der Waals surface area contributed by atoms with Crippen LogP contribution in [0.1, 0.15) is 6.92 Å². The maximum Gasteiger partial charge on any atom is 0.0736 e. The molecule has 0 bridgehead atoms. The average Bonchev–Trinajstić information content (AvgIpc) is 1.90. The van der Waals surface area contributed by atoms with Gasteiger partial charge in [0.1, 0.15) is 0 Å². The first-order valence-corrected chi connectivity index (χ1v) is 3.29. The monoisotopic (exact) mass is 151 g/mol. The molecule has 0 radical (unpaired) electrons. The van der Waals surface area contributed by atoms with Crippen molar-refractivity contribution in [2.75, 3.05) is 0 Å². The van der Waals surface area contributed by atoms with Crippen LogP contribution in [-0.2, 0) is 0 Å². The minimum absolute atomic E-state index is 0.771. The van der Waals surface area contributed by atoms with Crippen molar-refractivity contribution in [3.63, 3.8) is 0 Å². The Morgan fingerprint density at radius 1 is 1.70 bits per heavy atom. The summed E-state index contributed by atoms with van der Waals surface area (Å²) in [6.07, 6.45) is 7.14. The first-order valence-electron chi connectivity index (χ1n) is 2.88. The van der Waals surface area contributed by atoms with Crippen molar-refractivity contribution in [1.82, 2.24) is 0 Å². The Balaban J connectivity index is 4.39. The maximum absolute atomic E-state index is 4.43. The van der Waals surface area contributed by atoms with Crippen molar-refractivity contribution < 1.29 is 0 Å². The van der Waals surface area contributed by atoms with E-state index in [0.29, 0.717) is 0 Å². The minimum atomic E-state index is 0.771. The van der Waals surface area contributed by atoms with E-state index in [1.807, 2.05) is 19.1 Å². The Hall–Kier alpha value is -0.980. The lowest BCUT2D eigenvalue weighted by Gasteiger charge is -1.84. The molecule has 0 aromatic carbocycles. The Labute approximate surface area is 66.5 Å². The topological polar surface area (TPSA) is 12.4 Å². The van der Waals surface area contributed by atoms with Gasteiger partial charge in [-0.25, -0.2) is 0 Å². The van der Waals surface area contributed by atoms with Gasteiger partial charge in [-0.15, -0.1) is 0 Å². The van der Waals surface area contributed by atoms with Gasteiger partial charge in [-0.3, -0.25) is 0 Å².